The fraction of sp³-hybridized carbons (Fsp3) is 0.643. The highest BCUT2D eigenvalue weighted by molar-refractivity contribution is 5.88. The van der Waals surface area contributed by atoms with E-state index in [0.29, 0.717) is 0 Å². The summed E-state index contributed by atoms with van der Waals surface area (Å²) in [7, 11) is 0. The first-order valence-electron chi connectivity index (χ1n) is 6.16. The van der Waals surface area contributed by atoms with Crippen molar-refractivity contribution in [3.8, 4) is 0 Å². The van der Waals surface area contributed by atoms with Gasteiger partial charge in [-0.2, -0.15) is 0 Å². The lowest BCUT2D eigenvalue weighted by Gasteiger charge is -2.11. The standard InChI is InChI=1S/C14H20O2/c1-9(2)16-14(15)10(3)6-13-8-11-4-5-12(13)7-11/h6,9,11H,4-5,7-8H2,1-3H3. The minimum Gasteiger partial charge on any atom is -0.460 e. The maximum absolute atomic E-state index is 11.6. The van der Waals surface area contributed by atoms with Gasteiger partial charge in [0.25, 0.3) is 0 Å². The van der Waals surface area contributed by atoms with E-state index in [1.165, 1.54) is 31.3 Å². The van der Waals surface area contributed by atoms with Gasteiger partial charge in [0.15, 0.2) is 0 Å². The second-order valence-corrected chi connectivity index (χ2v) is 5.22. The molecule has 16 heavy (non-hydrogen) atoms. The first kappa shape index (κ1) is 11.4. The molecule has 2 heteroatoms. The van der Waals surface area contributed by atoms with Crippen LogP contribution in [0.3, 0.4) is 0 Å². The van der Waals surface area contributed by atoms with Crippen molar-refractivity contribution in [2.75, 3.05) is 0 Å². The highest BCUT2D eigenvalue weighted by Gasteiger charge is 2.29. The van der Waals surface area contributed by atoms with Crippen LogP contribution in [0, 0.1) is 5.92 Å². The second kappa shape index (κ2) is 4.44. The molecule has 2 nitrogen and oxygen atoms in total. The van der Waals surface area contributed by atoms with Gasteiger partial charge >= 0.3 is 5.97 Å². The zero-order valence-corrected chi connectivity index (χ0v) is 10.4. The van der Waals surface area contributed by atoms with Gasteiger partial charge < -0.3 is 4.74 Å². The van der Waals surface area contributed by atoms with Gasteiger partial charge in [0, 0.05) is 5.57 Å². The molecule has 0 heterocycles. The molecule has 2 aliphatic carbocycles. The third kappa shape index (κ3) is 2.37. The van der Waals surface area contributed by atoms with Crippen molar-refractivity contribution < 1.29 is 9.53 Å². The molecule has 0 spiro atoms. The fourth-order valence-corrected chi connectivity index (χ4v) is 2.64. The molecular weight excluding hydrogens is 200 g/mol. The van der Waals surface area contributed by atoms with E-state index in [9.17, 15) is 4.79 Å². The van der Waals surface area contributed by atoms with Crippen molar-refractivity contribution in [1.82, 2.24) is 0 Å². The normalized spacial score (nSPS) is 24.5. The average molecular weight is 220 g/mol. The number of rotatable bonds is 3. The summed E-state index contributed by atoms with van der Waals surface area (Å²) >= 11 is 0. The minimum absolute atomic E-state index is 0.0338. The van der Waals surface area contributed by atoms with E-state index in [2.05, 4.69) is 0 Å². The first-order chi connectivity index (χ1) is 7.56. The Morgan fingerprint density at radius 3 is 2.69 bits per heavy atom. The van der Waals surface area contributed by atoms with Gasteiger partial charge in [-0.3, -0.25) is 0 Å². The van der Waals surface area contributed by atoms with Gasteiger partial charge in [-0.1, -0.05) is 5.57 Å². The van der Waals surface area contributed by atoms with Crippen molar-refractivity contribution in [2.45, 2.75) is 52.6 Å². The summed E-state index contributed by atoms with van der Waals surface area (Å²) in [5.74, 6) is 0.682. The van der Waals surface area contributed by atoms with Crippen LogP contribution < -0.4 is 0 Å². The van der Waals surface area contributed by atoms with E-state index in [1.54, 1.807) is 5.57 Å². The Morgan fingerprint density at radius 2 is 2.19 bits per heavy atom. The van der Waals surface area contributed by atoms with Crippen LogP contribution in [0.15, 0.2) is 22.8 Å². The maximum Gasteiger partial charge on any atom is 0.333 e. The van der Waals surface area contributed by atoms with Crippen molar-refractivity contribution in [2.24, 2.45) is 5.92 Å². The van der Waals surface area contributed by atoms with Gasteiger partial charge in [-0.15, -0.1) is 0 Å². The number of ether oxygens (including phenoxy) is 1. The molecule has 2 aliphatic rings. The van der Waals surface area contributed by atoms with Crippen LogP contribution in [-0.4, -0.2) is 12.1 Å². The van der Waals surface area contributed by atoms with Crippen LogP contribution in [0.5, 0.6) is 0 Å². The summed E-state index contributed by atoms with van der Waals surface area (Å²) in [6.45, 7) is 5.61. The highest BCUT2D eigenvalue weighted by Crippen LogP contribution is 2.44. The summed E-state index contributed by atoms with van der Waals surface area (Å²) in [5.41, 5.74) is 3.71. The Morgan fingerprint density at radius 1 is 1.44 bits per heavy atom. The maximum atomic E-state index is 11.6. The Balaban J connectivity index is 2.04. The Labute approximate surface area is 97.4 Å². The molecule has 0 N–H and O–H groups in total. The van der Waals surface area contributed by atoms with Crippen LogP contribution in [-0.2, 0) is 9.53 Å². The van der Waals surface area contributed by atoms with Gasteiger partial charge in [0.05, 0.1) is 6.10 Å². The van der Waals surface area contributed by atoms with Crippen molar-refractivity contribution >= 4 is 5.97 Å². The SMILES string of the molecule is CC(=CC1=C2CCC(C1)C2)C(=O)OC(C)C. The number of hydrogen-bond acceptors (Lipinski definition) is 2. The zero-order valence-electron chi connectivity index (χ0n) is 10.4. The molecule has 0 aliphatic heterocycles. The highest BCUT2D eigenvalue weighted by atomic mass is 16.5. The molecular formula is C14H20O2. The Kier molecular flexibility index (Phi) is 3.17. The molecule has 0 aromatic heterocycles. The smallest absolute Gasteiger partial charge is 0.333 e. The van der Waals surface area contributed by atoms with Crippen molar-refractivity contribution in [3.63, 3.8) is 0 Å². The zero-order chi connectivity index (χ0) is 11.7. The van der Waals surface area contributed by atoms with Crippen LogP contribution in [0.4, 0.5) is 0 Å². The van der Waals surface area contributed by atoms with E-state index in [0.717, 1.165) is 11.5 Å². The summed E-state index contributed by atoms with van der Waals surface area (Å²) in [5, 5.41) is 0. The topological polar surface area (TPSA) is 26.3 Å². The van der Waals surface area contributed by atoms with Crippen LogP contribution >= 0.6 is 0 Å². The molecule has 1 atom stereocenters. The molecule has 0 radical (unpaired) electrons. The quantitative estimate of drug-likeness (QED) is 0.538. The molecule has 88 valence electrons. The van der Waals surface area contributed by atoms with Crippen LogP contribution in [0.2, 0.25) is 0 Å². The average Bonchev–Trinajstić information content (AvgIpc) is 2.77. The predicted molar refractivity (Wildman–Crippen MR) is 64.0 cm³/mol. The molecule has 1 fully saturated rings. The van der Waals surface area contributed by atoms with Gasteiger partial charge in [0.2, 0.25) is 0 Å². The van der Waals surface area contributed by atoms with E-state index < -0.39 is 0 Å². The number of hydrogen-bond donors (Lipinski definition) is 0. The van der Waals surface area contributed by atoms with Crippen LogP contribution in [0.1, 0.15) is 46.5 Å². The summed E-state index contributed by atoms with van der Waals surface area (Å²) in [4.78, 5) is 11.6. The summed E-state index contributed by atoms with van der Waals surface area (Å²) in [6.07, 6.45) is 7.03. The lowest BCUT2D eigenvalue weighted by molar-refractivity contribution is -0.142. The predicted octanol–water partition coefficient (Wildman–Crippen LogP) is 3.38. The fourth-order valence-electron chi connectivity index (χ4n) is 2.64. The van der Waals surface area contributed by atoms with Crippen LogP contribution in [0.25, 0.3) is 0 Å². The molecule has 0 saturated heterocycles. The third-order valence-electron chi connectivity index (χ3n) is 3.41. The molecule has 0 aromatic rings. The Hall–Kier alpha value is -1.05. The van der Waals surface area contributed by atoms with Gasteiger partial charge in [0.1, 0.15) is 0 Å². The summed E-state index contributed by atoms with van der Waals surface area (Å²) < 4.78 is 5.17. The van der Waals surface area contributed by atoms with E-state index >= 15 is 0 Å². The number of esters is 1. The summed E-state index contributed by atoms with van der Waals surface area (Å²) in [6, 6.07) is 0. The number of allylic oxidation sites excluding steroid dienone is 3. The monoisotopic (exact) mass is 220 g/mol. The molecule has 0 aromatic carbocycles. The largest absolute Gasteiger partial charge is 0.460 e. The van der Waals surface area contributed by atoms with E-state index in [1.807, 2.05) is 26.8 Å². The molecule has 1 saturated carbocycles. The number of fused-ring (bicyclic) bond motifs is 2. The number of carbonyl (C=O) groups excluding carboxylic acids is 1. The van der Waals surface area contributed by atoms with Gasteiger partial charge in [-0.05, 0) is 64.0 Å². The number of carbonyl (C=O) groups is 1. The van der Waals surface area contributed by atoms with Gasteiger partial charge in [-0.25, -0.2) is 4.79 Å². The lowest BCUT2D eigenvalue weighted by Crippen LogP contribution is -2.12. The molecule has 2 rings (SSSR count). The third-order valence-corrected chi connectivity index (χ3v) is 3.41. The Bertz CT molecular complexity index is 361. The molecule has 2 bridgehead atoms. The lowest BCUT2D eigenvalue weighted by atomic mass is 9.98. The first-order valence-corrected chi connectivity index (χ1v) is 6.16. The molecule has 0 amide bonds. The van der Waals surface area contributed by atoms with E-state index in [4.69, 9.17) is 4.74 Å². The van der Waals surface area contributed by atoms with E-state index in [-0.39, 0.29) is 12.1 Å². The minimum atomic E-state index is -0.175. The second-order valence-electron chi connectivity index (χ2n) is 5.22. The van der Waals surface area contributed by atoms with Crippen molar-refractivity contribution in [1.29, 1.82) is 0 Å². The molecule has 1 unspecified atom stereocenters. The van der Waals surface area contributed by atoms with Crippen molar-refractivity contribution in [3.05, 3.63) is 22.8 Å².